The summed E-state index contributed by atoms with van der Waals surface area (Å²) in [4.78, 5) is 11.4. The van der Waals surface area contributed by atoms with Gasteiger partial charge in [-0.15, -0.1) is 0 Å². The molecule has 0 saturated carbocycles. The second-order valence-electron chi connectivity index (χ2n) is 4.91. The first kappa shape index (κ1) is 18.8. The molecule has 1 aromatic heterocycles. The molecule has 0 aliphatic heterocycles. The number of methoxy groups -OCH3 is 1. The Balaban J connectivity index is 2.18. The van der Waals surface area contributed by atoms with Gasteiger partial charge in [-0.05, 0) is 31.3 Å². The van der Waals surface area contributed by atoms with E-state index in [2.05, 4.69) is 20.5 Å². The van der Waals surface area contributed by atoms with Gasteiger partial charge in [0.1, 0.15) is 17.2 Å². The summed E-state index contributed by atoms with van der Waals surface area (Å²) < 4.78 is 51.5. The summed E-state index contributed by atoms with van der Waals surface area (Å²) in [6, 6.07) is 3.61. The van der Waals surface area contributed by atoms with Crippen molar-refractivity contribution < 1.29 is 32.0 Å². The SMILES string of the molecule is COC(=O)C(C)NC(=S)Nc1noc2cccc(OCC(F)(F)F)c12. The van der Waals surface area contributed by atoms with E-state index in [0.717, 1.165) is 0 Å². The Morgan fingerprint density at radius 3 is 2.80 bits per heavy atom. The molecule has 0 aliphatic carbocycles. The highest BCUT2D eigenvalue weighted by molar-refractivity contribution is 7.80. The van der Waals surface area contributed by atoms with Gasteiger partial charge in [0.15, 0.2) is 23.1 Å². The minimum Gasteiger partial charge on any atom is -0.483 e. The van der Waals surface area contributed by atoms with Gasteiger partial charge in [0.2, 0.25) is 0 Å². The van der Waals surface area contributed by atoms with Crippen molar-refractivity contribution in [1.82, 2.24) is 10.5 Å². The zero-order valence-electron chi connectivity index (χ0n) is 13.1. The Labute approximate surface area is 145 Å². The van der Waals surface area contributed by atoms with Crippen molar-refractivity contribution in [2.24, 2.45) is 0 Å². The predicted molar refractivity (Wildman–Crippen MR) is 86.4 cm³/mol. The molecule has 2 aromatic rings. The fourth-order valence-electron chi connectivity index (χ4n) is 1.90. The Hall–Kier alpha value is -2.56. The number of rotatable bonds is 5. The highest BCUT2D eigenvalue weighted by Crippen LogP contribution is 2.33. The summed E-state index contributed by atoms with van der Waals surface area (Å²) in [5, 5.41) is 9.24. The van der Waals surface area contributed by atoms with Gasteiger partial charge in [0.25, 0.3) is 0 Å². The molecule has 0 aliphatic rings. The normalized spacial score (nSPS) is 12.5. The number of benzene rings is 1. The van der Waals surface area contributed by atoms with Crippen molar-refractivity contribution in [3.8, 4) is 5.75 Å². The van der Waals surface area contributed by atoms with Crippen molar-refractivity contribution in [1.29, 1.82) is 0 Å². The van der Waals surface area contributed by atoms with E-state index in [9.17, 15) is 18.0 Å². The van der Waals surface area contributed by atoms with E-state index in [1.54, 1.807) is 0 Å². The van der Waals surface area contributed by atoms with E-state index < -0.39 is 24.8 Å². The van der Waals surface area contributed by atoms with E-state index in [-0.39, 0.29) is 27.6 Å². The monoisotopic (exact) mass is 377 g/mol. The molecule has 1 heterocycles. The molecular formula is C14H14F3N3O4S. The molecule has 11 heteroatoms. The number of thiocarbonyl (C=S) groups is 1. The third-order valence-electron chi connectivity index (χ3n) is 2.99. The molecular weight excluding hydrogens is 363 g/mol. The number of fused-ring (bicyclic) bond motifs is 1. The molecule has 0 fully saturated rings. The summed E-state index contributed by atoms with van der Waals surface area (Å²) in [6.45, 7) is 0.0669. The molecule has 2 rings (SSSR count). The van der Waals surface area contributed by atoms with Gasteiger partial charge in [-0.2, -0.15) is 13.2 Å². The van der Waals surface area contributed by atoms with Gasteiger partial charge in [0, 0.05) is 0 Å². The lowest BCUT2D eigenvalue weighted by molar-refractivity contribution is -0.153. The van der Waals surface area contributed by atoms with Crippen LogP contribution < -0.4 is 15.4 Å². The number of carbonyl (C=O) groups is 1. The van der Waals surface area contributed by atoms with Gasteiger partial charge in [-0.3, -0.25) is 0 Å². The van der Waals surface area contributed by atoms with Gasteiger partial charge in [-0.1, -0.05) is 11.2 Å². The van der Waals surface area contributed by atoms with Crippen LogP contribution >= 0.6 is 12.2 Å². The maximum Gasteiger partial charge on any atom is 0.422 e. The molecule has 7 nitrogen and oxygen atoms in total. The largest absolute Gasteiger partial charge is 0.483 e. The number of hydrogen-bond donors (Lipinski definition) is 2. The van der Waals surface area contributed by atoms with Gasteiger partial charge in [0.05, 0.1) is 7.11 Å². The van der Waals surface area contributed by atoms with E-state index in [4.69, 9.17) is 21.5 Å². The molecule has 1 atom stereocenters. The zero-order chi connectivity index (χ0) is 18.6. The van der Waals surface area contributed by atoms with Crippen molar-refractivity contribution in [3.05, 3.63) is 18.2 Å². The topological polar surface area (TPSA) is 85.6 Å². The number of halogens is 3. The second kappa shape index (κ2) is 7.55. The molecule has 2 N–H and O–H groups in total. The van der Waals surface area contributed by atoms with Gasteiger partial charge >= 0.3 is 12.1 Å². The highest BCUT2D eigenvalue weighted by atomic mass is 32.1. The second-order valence-corrected chi connectivity index (χ2v) is 5.32. The average Bonchev–Trinajstić information content (AvgIpc) is 2.94. The van der Waals surface area contributed by atoms with Crippen LogP contribution in [-0.4, -0.2) is 42.2 Å². The van der Waals surface area contributed by atoms with Gasteiger partial charge in [-0.25, -0.2) is 4.79 Å². The third-order valence-corrected chi connectivity index (χ3v) is 3.21. The molecule has 0 bridgehead atoms. The van der Waals surface area contributed by atoms with Crippen molar-refractivity contribution in [3.63, 3.8) is 0 Å². The summed E-state index contributed by atoms with van der Waals surface area (Å²) in [6.07, 6.45) is -4.49. The number of ether oxygens (including phenoxy) is 2. The van der Waals surface area contributed by atoms with Crippen molar-refractivity contribution >= 4 is 40.1 Å². The Morgan fingerprint density at radius 2 is 2.16 bits per heavy atom. The first-order chi connectivity index (χ1) is 11.7. The number of esters is 1. The zero-order valence-corrected chi connectivity index (χ0v) is 14.0. The summed E-state index contributed by atoms with van der Waals surface area (Å²) >= 11 is 5.04. The summed E-state index contributed by atoms with van der Waals surface area (Å²) in [7, 11) is 1.23. The standard InChI is InChI=1S/C14H14F3N3O4S/c1-7(12(21)22-2)18-13(25)19-11-10-8(23-6-14(15,16)17)4-3-5-9(10)24-20-11/h3-5,7H,6H2,1-2H3,(H2,18,19,20,25). The van der Waals surface area contributed by atoms with Crippen LogP contribution in [-0.2, 0) is 9.53 Å². The fourth-order valence-corrected chi connectivity index (χ4v) is 2.18. The smallest absolute Gasteiger partial charge is 0.422 e. The van der Waals surface area contributed by atoms with Crippen LogP contribution in [0.5, 0.6) is 5.75 Å². The van der Waals surface area contributed by atoms with Crippen LogP contribution in [0.4, 0.5) is 19.0 Å². The number of alkyl halides is 3. The molecule has 0 radical (unpaired) electrons. The van der Waals surface area contributed by atoms with Crippen LogP contribution in [0.1, 0.15) is 6.92 Å². The quantitative estimate of drug-likeness (QED) is 0.608. The van der Waals surface area contributed by atoms with E-state index >= 15 is 0 Å². The van der Waals surface area contributed by atoms with E-state index in [1.165, 1.54) is 32.2 Å². The maximum atomic E-state index is 12.4. The van der Waals surface area contributed by atoms with E-state index in [1.807, 2.05) is 0 Å². The minimum atomic E-state index is -4.49. The summed E-state index contributed by atoms with van der Waals surface area (Å²) in [5.41, 5.74) is 0.214. The molecule has 0 amide bonds. The average molecular weight is 377 g/mol. The van der Waals surface area contributed by atoms with Crippen LogP contribution in [0, 0.1) is 0 Å². The van der Waals surface area contributed by atoms with Crippen LogP contribution in [0.25, 0.3) is 11.0 Å². The van der Waals surface area contributed by atoms with Crippen LogP contribution in [0.15, 0.2) is 22.7 Å². The number of anilines is 1. The fraction of sp³-hybridized carbons (Fsp3) is 0.357. The highest BCUT2D eigenvalue weighted by Gasteiger charge is 2.29. The molecule has 1 unspecified atom stereocenters. The van der Waals surface area contributed by atoms with Crippen LogP contribution in [0.3, 0.4) is 0 Å². The molecule has 0 spiro atoms. The van der Waals surface area contributed by atoms with Gasteiger partial charge < -0.3 is 24.6 Å². The predicted octanol–water partition coefficient (Wildman–Crippen LogP) is 2.62. The number of nitrogens with one attached hydrogen (secondary N) is 2. The number of hydrogen-bond acceptors (Lipinski definition) is 6. The Morgan fingerprint density at radius 1 is 1.44 bits per heavy atom. The lowest BCUT2D eigenvalue weighted by Gasteiger charge is -2.14. The number of nitrogens with zero attached hydrogens (tertiary/aromatic N) is 1. The Bertz CT molecular complexity index is 778. The number of carbonyl (C=O) groups excluding carboxylic acids is 1. The number of aromatic nitrogens is 1. The first-order valence-electron chi connectivity index (χ1n) is 6.94. The lowest BCUT2D eigenvalue weighted by Crippen LogP contribution is -2.41. The van der Waals surface area contributed by atoms with Crippen molar-refractivity contribution in [2.75, 3.05) is 19.0 Å². The van der Waals surface area contributed by atoms with Crippen LogP contribution in [0.2, 0.25) is 0 Å². The molecule has 25 heavy (non-hydrogen) atoms. The summed E-state index contributed by atoms with van der Waals surface area (Å²) in [5.74, 6) is -0.548. The lowest BCUT2D eigenvalue weighted by atomic mass is 10.2. The molecule has 136 valence electrons. The molecule has 0 saturated heterocycles. The maximum absolute atomic E-state index is 12.4. The van der Waals surface area contributed by atoms with Crippen molar-refractivity contribution in [2.45, 2.75) is 19.1 Å². The third kappa shape index (κ3) is 4.95. The first-order valence-corrected chi connectivity index (χ1v) is 7.35. The molecule has 1 aromatic carbocycles. The van der Waals surface area contributed by atoms with E-state index in [0.29, 0.717) is 0 Å². The minimum absolute atomic E-state index is 0.0127. The Kier molecular flexibility index (Phi) is 5.67.